The zero-order valence-corrected chi connectivity index (χ0v) is 13.4. The Hall–Kier alpha value is -0.638. The van der Waals surface area contributed by atoms with Crippen LogP contribution >= 0.6 is 0 Å². The van der Waals surface area contributed by atoms with E-state index in [-0.39, 0.29) is 27.3 Å². The molecule has 0 saturated carbocycles. The van der Waals surface area contributed by atoms with Crippen LogP contribution in [0.3, 0.4) is 0 Å². The Labute approximate surface area is 113 Å². The Balaban J connectivity index is 0.000000245. The Kier molecular flexibility index (Phi) is 8.28. The molecule has 0 unspecified atom stereocenters. The van der Waals surface area contributed by atoms with Gasteiger partial charge in [0.1, 0.15) is 0 Å². The largest absolute Gasteiger partial charge is 2.00 e. The molecular formula is C14H14Cd. The van der Waals surface area contributed by atoms with Gasteiger partial charge in [-0.3, -0.25) is 0 Å². The third-order valence-electron chi connectivity index (χ3n) is 1.73. The molecule has 0 aliphatic carbocycles. The molecule has 0 saturated heterocycles. The van der Waals surface area contributed by atoms with Gasteiger partial charge >= 0.3 is 27.3 Å². The van der Waals surface area contributed by atoms with Crippen LogP contribution in [0.2, 0.25) is 0 Å². The molecule has 2 rings (SSSR count). The van der Waals surface area contributed by atoms with Crippen LogP contribution in [0.4, 0.5) is 0 Å². The van der Waals surface area contributed by atoms with Crippen molar-refractivity contribution >= 4 is 0 Å². The quantitative estimate of drug-likeness (QED) is 0.514. The first-order valence-corrected chi connectivity index (χ1v) is 4.64. The van der Waals surface area contributed by atoms with Gasteiger partial charge in [-0.25, -0.2) is 0 Å². The van der Waals surface area contributed by atoms with Crippen molar-refractivity contribution in [3.05, 3.63) is 71.8 Å². The summed E-state index contributed by atoms with van der Waals surface area (Å²) in [6.45, 7) is 4.10. The molecule has 0 radical (unpaired) electrons. The van der Waals surface area contributed by atoms with E-state index in [1.807, 2.05) is 36.4 Å². The summed E-state index contributed by atoms with van der Waals surface area (Å²) in [5.74, 6) is 0. The van der Waals surface area contributed by atoms with Crippen LogP contribution in [0.25, 0.3) is 0 Å². The molecule has 72 valence electrons. The molecule has 0 fully saturated rings. The minimum absolute atomic E-state index is 0. The van der Waals surface area contributed by atoms with Gasteiger partial charge in [-0.05, 0) is 0 Å². The van der Waals surface area contributed by atoms with E-state index < -0.39 is 0 Å². The van der Waals surface area contributed by atoms with E-state index in [9.17, 15) is 0 Å². The number of aryl methyl sites for hydroxylation is 2. The Morgan fingerprint density at radius 2 is 1.20 bits per heavy atom. The first-order chi connectivity index (χ1) is 6.79. The summed E-state index contributed by atoms with van der Waals surface area (Å²) in [5.41, 5.74) is 2.53. The van der Waals surface area contributed by atoms with Crippen molar-refractivity contribution in [3.63, 3.8) is 0 Å². The van der Waals surface area contributed by atoms with Crippen LogP contribution in [0, 0.1) is 26.0 Å². The summed E-state index contributed by atoms with van der Waals surface area (Å²) in [7, 11) is 0. The molecule has 0 aromatic heterocycles. The summed E-state index contributed by atoms with van der Waals surface area (Å²) in [6, 6.07) is 21.7. The van der Waals surface area contributed by atoms with Gasteiger partial charge in [-0.1, -0.05) is 13.8 Å². The molecule has 0 nitrogen and oxygen atoms in total. The fourth-order valence-electron chi connectivity index (χ4n) is 0.966. The van der Waals surface area contributed by atoms with E-state index in [0.717, 1.165) is 0 Å². The van der Waals surface area contributed by atoms with Gasteiger partial charge in [-0.2, -0.15) is 71.8 Å². The molecular weight excluding hydrogens is 281 g/mol. The fraction of sp³-hybridized carbons (Fsp3) is 0.143. The third kappa shape index (κ3) is 7.31. The van der Waals surface area contributed by atoms with Crippen molar-refractivity contribution in [2.75, 3.05) is 0 Å². The van der Waals surface area contributed by atoms with E-state index in [1.165, 1.54) is 11.1 Å². The summed E-state index contributed by atoms with van der Waals surface area (Å²) >= 11 is 0. The van der Waals surface area contributed by atoms with Crippen molar-refractivity contribution in [2.24, 2.45) is 0 Å². The maximum absolute atomic E-state index is 2.96. The van der Waals surface area contributed by atoms with Gasteiger partial charge in [0.2, 0.25) is 0 Å². The Bertz CT molecular complexity index is 303. The first-order valence-electron chi connectivity index (χ1n) is 4.64. The van der Waals surface area contributed by atoms with Crippen molar-refractivity contribution in [1.29, 1.82) is 0 Å². The monoisotopic (exact) mass is 296 g/mol. The molecule has 0 aliphatic rings. The van der Waals surface area contributed by atoms with E-state index in [4.69, 9.17) is 0 Å². The molecule has 2 aromatic carbocycles. The van der Waals surface area contributed by atoms with Crippen LogP contribution < -0.4 is 0 Å². The van der Waals surface area contributed by atoms with Crippen LogP contribution in [0.1, 0.15) is 11.1 Å². The first kappa shape index (κ1) is 14.4. The predicted molar refractivity (Wildman–Crippen MR) is 60.0 cm³/mol. The van der Waals surface area contributed by atoms with Gasteiger partial charge in [0.05, 0.1) is 0 Å². The molecule has 15 heavy (non-hydrogen) atoms. The van der Waals surface area contributed by atoms with Gasteiger partial charge in [0.15, 0.2) is 0 Å². The third-order valence-corrected chi connectivity index (χ3v) is 1.73. The van der Waals surface area contributed by atoms with Crippen molar-refractivity contribution in [3.8, 4) is 0 Å². The van der Waals surface area contributed by atoms with Gasteiger partial charge in [0, 0.05) is 0 Å². The number of benzene rings is 2. The van der Waals surface area contributed by atoms with Crippen LogP contribution in [-0.4, -0.2) is 0 Å². The molecule has 0 N–H and O–H groups in total. The molecule has 1 heteroatoms. The molecule has 0 amide bonds. The summed E-state index contributed by atoms with van der Waals surface area (Å²) in [4.78, 5) is 0. The minimum atomic E-state index is 0. The van der Waals surface area contributed by atoms with E-state index >= 15 is 0 Å². The van der Waals surface area contributed by atoms with E-state index in [0.29, 0.717) is 0 Å². The smallest absolute Gasteiger partial charge is 0.184 e. The SMILES string of the molecule is Cc1c[c-]ccc1.Cc1c[c-]ccc1.[Cd+2]. The van der Waals surface area contributed by atoms with Crippen molar-refractivity contribution in [1.82, 2.24) is 0 Å². The van der Waals surface area contributed by atoms with Crippen LogP contribution in [0.15, 0.2) is 48.5 Å². The van der Waals surface area contributed by atoms with Gasteiger partial charge in [-0.15, -0.1) is 0 Å². The molecule has 0 bridgehead atoms. The minimum Gasteiger partial charge on any atom is -0.184 e. The van der Waals surface area contributed by atoms with E-state index in [1.54, 1.807) is 0 Å². The normalized spacial score (nSPS) is 8.13. The van der Waals surface area contributed by atoms with Gasteiger partial charge < -0.3 is 0 Å². The molecule has 2 aromatic rings. The number of hydrogen-bond donors (Lipinski definition) is 0. The summed E-state index contributed by atoms with van der Waals surface area (Å²) < 4.78 is 0. The van der Waals surface area contributed by atoms with Crippen LogP contribution in [0.5, 0.6) is 0 Å². The topological polar surface area (TPSA) is 0 Å². The zero-order valence-electron chi connectivity index (χ0n) is 9.33. The average molecular weight is 295 g/mol. The molecule has 0 aliphatic heterocycles. The second kappa shape index (κ2) is 8.65. The second-order valence-electron chi connectivity index (χ2n) is 3.16. The predicted octanol–water partition coefficient (Wildman–Crippen LogP) is 3.59. The maximum Gasteiger partial charge on any atom is 2.00 e. The Morgan fingerprint density at radius 1 is 0.800 bits per heavy atom. The molecule has 0 spiro atoms. The average Bonchev–Trinajstić information content (AvgIpc) is 2.21. The van der Waals surface area contributed by atoms with Gasteiger partial charge in [0.25, 0.3) is 0 Å². The molecule has 0 atom stereocenters. The van der Waals surface area contributed by atoms with E-state index in [2.05, 4.69) is 38.1 Å². The standard InChI is InChI=1S/2C7H7.Cd/c2*1-7-5-3-2-4-6-7;/h2*2-3,5-6H,1H3;/q2*-1;+2. The number of hydrogen-bond acceptors (Lipinski definition) is 0. The van der Waals surface area contributed by atoms with Crippen molar-refractivity contribution < 1.29 is 27.3 Å². The molecule has 0 heterocycles. The summed E-state index contributed by atoms with van der Waals surface area (Å²) in [6.07, 6.45) is 0. The maximum atomic E-state index is 2.96. The zero-order chi connectivity index (χ0) is 10.2. The number of rotatable bonds is 0. The van der Waals surface area contributed by atoms with Crippen LogP contribution in [-0.2, 0) is 27.3 Å². The fourth-order valence-corrected chi connectivity index (χ4v) is 0.966. The summed E-state index contributed by atoms with van der Waals surface area (Å²) in [5, 5.41) is 0. The Morgan fingerprint density at radius 3 is 1.33 bits per heavy atom. The van der Waals surface area contributed by atoms with Crippen molar-refractivity contribution in [2.45, 2.75) is 13.8 Å². The second-order valence-corrected chi connectivity index (χ2v) is 3.16.